The highest BCUT2D eigenvalue weighted by atomic mass is 15.6. The van der Waals surface area contributed by atoms with Crippen LogP contribution in [-0.4, -0.2) is 17.1 Å². The molecule has 6 atom stereocenters. The van der Waals surface area contributed by atoms with Gasteiger partial charge in [0.1, 0.15) is 0 Å². The van der Waals surface area contributed by atoms with Crippen LogP contribution in [0.3, 0.4) is 0 Å². The van der Waals surface area contributed by atoms with Crippen molar-refractivity contribution in [2.45, 2.75) is 31.5 Å². The van der Waals surface area contributed by atoms with Gasteiger partial charge in [-0.05, 0) is 42.1 Å². The van der Waals surface area contributed by atoms with Crippen LogP contribution in [0.2, 0.25) is 0 Å². The Morgan fingerprint density at radius 1 is 1.10 bits per heavy atom. The maximum absolute atomic E-state index is 4.64. The molecule has 1 aliphatic heterocycles. The summed E-state index contributed by atoms with van der Waals surface area (Å²) >= 11 is 0. The fourth-order valence-electron chi connectivity index (χ4n) is 5.17. The zero-order chi connectivity index (χ0) is 13.1. The van der Waals surface area contributed by atoms with Crippen molar-refractivity contribution in [1.29, 1.82) is 0 Å². The summed E-state index contributed by atoms with van der Waals surface area (Å²) in [6.07, 6.45) is 7.53. The van der Waals surface area contributed by atoms with Gasteiger partial charge in [-0.3, -0.25) is 5.01 Å². The lowest BCUT2D eigenvalue weighted by Crippen LogP contribution is -2.44. The average Bonchev–Trinajstić information content (AvgIpc) is 3.18. The third-order valence-corrected chi connectivity index (χ3v) is 5.91. The van der Waals surface area contributed by atoms with Gasteiger partial charge >= 0.3 is 0 Å². The molecule has 0 N–H and O–H groups in total. The van der Waals surface area contributed by atoms with Crippen molar-refractivity contribution in [3.8, 4) is 0 Å². The van der Waals surface area contributed by atoms with Gasteiger partial charge in [-0.2, -0.15) is 5.11 Å². The first-order valence-electron chi connectivity index (χ1n) is 7.80. The summed E-state index contributed by atoms with van der Waals surface area (Å²) in [5, 5.41) is 11.4. The fourth-order valence-corrected chi connectivity index (χ4v) is 5.17. The van der Waals surface area contributed by atoms with E-state index in [0.29, 0.717) is 12.1 Å². The highest BCUT2D eigenvalue weighted by Crippen LogP contribution is 2.60. The number of benzene rings is 1. The van der Waals surface area contributed by atoms with E-state index in [4.69, 9.17) is 0 Å². The van der Waals surface area contributed by atoms with Crippen molar-refractivity contribution in [3.63, 3.8) is 0 Å². The normalized spacial score (nSPS) is 43.3. The van der Waals surface area contributed by atoms with Crippen LogP contribution in [0.25, 0.3) is 0 Å². The third-order valence-electron chi connectivity index (χ3n) is 5.91. The molecule has 0 spiro atoms. The Balaban J connectivity index is 1.42. The van der Waals surface area contributed by atoms with Crippen LogP contribution in [0.4, 0.5) is 0 Å². The number of nitrogens with zero attached hydrogens (tertiary/aromatic N) is 3. The highest BCUT2D eigenvalue weighted by Gasteiger charge is 2.61. The van der Waals surface area contributed by atoms with E-state index in [1.54, 1.807) is 0 Å². The van der Waals surface area contributed by atoms with Crippen molar-refractivity contribution in [1.82, 2.24) is 5.01 Å². The van der Waals surface area contributed by atoms with E-state index in [1.807, 2.05) is 0 Å². The van der Waals surface area contributed by atoms with Crippen molar-refractivity contribution >= 4 is 0 Å². The molecule has 1 heterocycles. The van der Waals surface area contributed by atoms with Crippen LogP contribution in [0.1, 0.15) is 18.4 Å². The third kappa shape index (κ3) is 1.36. The molecule has 0 amide bonds. The van der Waals surface area contributed by atoms with Crippen molar-refractivity contribution in [3.05, 3.63) is 48.0 Å². The van der Waals surface area contributed by atoms with Crippen LogP contribution < -0.4 is 0 Å². The summed E-state index contributed by atoms with van der Waals surface area (Å²) in [4.78, 5) is 0. The summed E-state index contributed by atoms with van der Waals surface area (Å²) < 4.78 is 0. The molecule has 4 aliphatic rings. The predicted octanol–water partition coefficient (Wildman–Crippen LogP) is 3.45. The summed E-state index contributed by atoms with van der Waals surface area (Å²) in [6, 6.07) is 11.7. The minimum Gasteiger partial charge on any atom is -0.269 e. The predicted molar refractivity (Wildman–Crippen MR) is 76.8 cm³/mol. The lowest BCUT2D eigenvalue weighted by Gasteiger charge is -2.35. The van der Waals surface area contributed by atoms with E-state index in [0.717, 1.165) is 30.2 Å². The van der Waals surface area contributed by atoms with E-state index >= 15 is 0 Å². The van der Waals surface area contributed by atoms with Gasteiger partial charge in [-0.1, -0.05) is 47.7 Å². The smallest absolute Gasteiger partial charge is 0.0983 e. The van der Waals surface area contributed by atoms with E-state index < -0.39 is 0 Å². The molecule has 0 unspecified atom stereocenters. The van der Waals surface area contributed by atoms with E-state index in [-0.39, 0.29) is 0 Å². The minimum absolute atomic E-state index is 0.477. The maximum Gasteiger partial charge on any atom is 0.0983 e. The molecule has 1 aromatic rings. The number of hydrogen-bond donors (Lipinski definition) is 0. The van der Waals surface area contributed by atoms with Crippen molar-refractivity contribution in [2.75, 3.05) is 0 Å². The van der Waals surface area contributed by atoms with Crippen LogP contribution in [0.5, 0.6) is 0 Å². The van der Waals surface area contributed by atoms with Crippen molar-refractivity contribution in [2.24, 2.45) is 34.0 Å². The molecule has 3 nitrogen and oxygen atoms in total. The molecule has 20 heavy (non-hydrogen) atoms. The quantitative estimate of drug-likeness (QED) is 0.753. The van der Waals surface area contributed by atoms with Gasteiger partial charge in [0.2, 0.25) is 0 Å². The van der Waals surface area contributed by atoms with Gasteiger partial charge in [0.25, 0.3) is 0 Å². The molecule has 3 heteroatoms. The first-order chi connectivity index (χ1) is 9.92. The number of fused-ring (bicyclic) bond motifs is 8. The Morgan fingerprint density at radius 3 is 2.90 bits per heavy atom. The van der Waals surface area contributed by atoms with Crippen LogP contribution in [0.15, 0.2) is 52.8 Å². The second-order valence-electron chi connectivity index (χ2n) is 6.74. The molecule has 2 fully saturated rings. The molecular weight excluding hydrogens is 246 g/mol. The Kier molecular flexibility index (Phi) is 2.18. The average molecular weight is 265 g/mol. The van der Waals surface area contributed by atoms with E-state index in [2.05, 4.69) is 57.8 Å². The summed E-state index contributed by atoms with van der Waals surface area (Å²) in [5.74, 6) is 3.25. The molecule has 3 aliphatic carbocycles. The van der Waals surface area contributed by atoms with Crippen LogP contribution >= 0.6 is 0 Å². The zero-order valence-corrected chi connectivity index (χ0v) is 11.5. The van der Waals surface area contributed by atoms with E-state index in [1.165, 1.54) is 18.4 Å². The van der Waals surface area contributed by atoms with Gasteiger partial charge in [-0.15, -0.1) is 0 Å². The molecule has 5 rings (SSSR count). The maximum atomic E-state index is 4.64. The van der Waals surface area contributed by atoms with E-state index in [9.17, 15) is 0 Å². The fraction of sp³-hybridized carbons (Fsp3) is 0.529. The number of rotatable bonds is 2. The monoisotopic (exact) mass is 265 g/mol. The number of hydrogen-bond acceptors (Lipinski definition) is 3. The lowest BCUT2D eigenvalue weighted by atomic mass is 9.76. The number of allylic oxidation sites excluding steroid dienone is 2. The lowest BCUT2D eigenvalue weighted by molar-refractivity contribution is 0.119. The molecule has 2 bridgehead atoms. The standard InChI is InChI=1S/C17H19N3/c1-2-5-11(6-3-1)10-20-17-15-9-14(16(17)18-19-20)12-7-4-8-13(12)15/h1-6,8,12-17H,7,9-10H2/t12-,13-,14+,15+,16-,17-/m1/s1. The summed E-state index contributed by atoms with van der Waals surface area (Å²) in [6.45, 7) is 0.913. The Bertz CT molecular complexity index is 579. The second kappa shape index (κ2) is 3.94. The summed E-state index contributed by atoms with van der Waals surface area (Å²) in [5.41, 5.74) is 1.34. The molecule has 102 valence electrons. The van der Waals surface area contributed by atoms with Gasteiger partial charge in [-0.25, -0.2) is 0 Å². The van der Waals surface area contributed by atoms with Gasteiger partial charge in [0.05, 0.1) is 18.6 Å². The topological polar surface area (TPSA) is 28.0 Å². The minimum atomic E-state index is 0.477. The van der Waals surface area contributed by atoms with Gasteiger partial charge < -0.3 is 0 Å². The zero-order valence-electron chi connectivity index (χ0n) is 11.5. The first kappa shape index (κ1) is 11.1. The molecule has 0 saturated heterocycles. The molecular formula is C17H19N3. The Hall–Kier alpha value is -1.64. The molecule has 1 aromatic carbocycles. The molecule has 2 saturated carbocycles. The van der Waals surface area contributed by atoms with Crippen LogP contribution in [-0.2, 0) is 6.54 Å². The van der Waals surface area contributed by atoms with Gasteiger partial charge in [0.15, 0.2) is 0 Å². The SMILES string of the molecule is C1=C[C@@H]2[C@@H](C1)[C@@H]1C[C@@H]2[C@@H]2[C@@H]1N=NN2Cc1ccccc1. The first-order valence-corrected chi connectivity index (χ1v) is 7.80. The molecule has 0 radical (unpaired) electrons. The summed E-state index contributed by atoms with van der Waals surface area (Å²) in [7, 11) is 0. The largest absolute Gasteiger partial charge is 0.269 e. The Labute approximate surface area is 119 Å². The Morgan fingerprint density at radius 2 is 2.00 bits per heavy atom. The second-order valence-corrected chi connectivity index (χ2v) is 6.74. The molecule has 0 aromatic heterocycles. The van der Waals surface area contributed by atoms with Crippen LogP contribution in [0, 0.1) is 23.7 Å². The highest BCUT2D eigenvalue weighted by molar-refractivity contribution is 5.22. The van der Waals surface area contributed by atoms with Gasteiger partial charge in [0, 0.05) is 0 Å². The van der Waals surface area contributed by atoms with Crippen molar-refractivity contribution < 1.29 is 0 Å².